The minimum absolute atomic E-state index is 0.0200. The Morgan fingerprint density at radius 2 is 2.14 bits per heavy atom. The van der Waals surface area contributed by atoms with Crippen LogP contribution in [-0.2, 0) is 0 Å². The topological polar surface area (TPSA) is 48.5 Å². The monoisotopic (exact) mass is 290 g/mol. The number of aromatic nitrogens is 1. The Balaban J connectivity index is 1.95. The Kier molecular flexibility index (Phi) is 5.56. The van der Waals surface area contributed by atoms with Crippen molar-refractivity contribution in [2.24, 2.45) is 0 Å². The van der Waals surface area contributed by atoms with Gasteiger partial charge in [0.25, 0.3) is 5.91 Å². The maximum Gasteiger partial charge on any atom is 0.272 e. The second-order valence-corrected chi connectivity index (χ2v) is 5.81. The van der Waals surface area contributed by atoms with Gasteiger partial charge in [-0.15, -0.1) is 0 Å². The third kappa shape index (κ3) is 4.17. The van der Waals surface area contributed by atoms with Gasteiger partial charge >= 0.3 is 0 Å². The molecule has 0 bridgehead atoms. The van der Waals surface area contributed by atoms with E-state index in [0.29, 0.717) is 11.7 Å². The van der Waals surface area contributed by atoms with E-state index in [0.717, 1.165) is 44.6 Å². The van der Waals surface area contributed by atoms with Crippen molar-refractivity contribution in [2.75, 3.05) is 39.0 Å². The van der Waals surface area contributed by atoms with Crippen molar-refractivity contribution in [2.45, 2.75) is 32.2 Å². The lowest BCUT2D eigenvalue weighted by Crippen LogP contribution is -2.44. The summed E-state index contributed by atoms with van der Waals surface area (Å²) in [5, 5.41) is 3.26. The van der Waals surface area contributed by atoms with Crippen LogP contribution in [0.25, 0.3) is 0 Å². The van der Waals surface area contributed by atoms with E-state index in [1.807, 2.05) is 24.1 Å². The van der Waals surface area contributed by atoms with E-state index in [4.69, 9.17) is 0 Å². The molecular formula is C16H26N4O. The van der Waals surface area contributed by atoms with E-state index in [1.54, 1.807) is 6.20 Å². The molecule has 0 spiro atoms. The lowest BCUT2D eigenvalue weighted by molar-refractivity contribution is 0.0654. The molecule has 1 aromatic heterocycles. The Morgan fingerprint density at radius 1 is 1.43 bits per heavy atom. The quantitative estimate of drug-likeness (QED) is 0.902. The van der Waals surface area contributed by atoms with Gasteiger partial charge in [-0.05, 0) is 51.5 Å². The number of anilines is 1. The highest BCUT2D eigenvalue weighted by molar-refractivity contribution is 5.92. The van der Waals surface area contributed by atoms with Gasteiger partial charge in [-0.1, -0.05) is 6.92 Å². The van der Waals surface area contributed by atoms with E-state index in [1.165, 1.54) is 0 Å². The fourth-order valence-electron chi connectivity index (χ4n) is 2.62. The molecule has 0 aliphatic carbocycles. The summed E-state index contributed by atoms with van der Waals surface area (Å²) < 4.78 is 0. The maximum absolute atomic E-state index is 12.5. The largest absolute Gasteiger partial charge is 0.384 e. The minimum Gasteiger partial charge on any atom is -0.384 e. The van der Waals surface area contributed by atoms with Crippen molar-refractivity contribution in [1.82, 2.24) is 14.8 Å². The molecule has 1 aliphatic rings. The zero-order chi connectivity index (χ0) is 15.2. The van der Waals surface area contributed by atoms with Crippen LogP contribution in [-0.4, -0.2) is 60.5 Å². The first-order valence-corrected chi connectivity index (χ1v) is 7.77. The van der Waals surface area contributed by atoms with Gasteiger partial charge in [0.05, 0.1) is 11.9 Å². The van der Waals surface area contributed by atoms with Crippen LogP contribution in [0.3, 0.4) is 0 Å². The summed E-state index contributed by atoms with van der Waals surface area (Å²) in [6.07, 6.45) is 4.88. The maximum atomic E-state index is 12.5. The van der Waals surface area contributed by atoms with Crippen LogP contribution in [0.1, 0.15) is 36.7 Å². The number of amides is 1. The highest BCUT2D eigenvalue weighted by Crippen LogP contribution is 2.16. The Hall–Kier alpha value is -1.62. The zero-order valence-electron chi connectivity index (χ0n) is 13.3. The minimum atomic E-state index is 0.0200. The summed E-state index contributed by atoms with van der Waals surface area (Å²) in [5.74, 6) is 0.0200. The van der Waals surface area contributed by atoms with Gasteiger partial charge in [-0.3, -0.25) is 4.79 Å². The number of likely N-dealkylation sites (tertiary alicyclic amines) is 1. The summed E-state index contributed by atoms with van der Waals surface area (Å²) in [7, 11) is 4.02. The number of rotatable bonds is 5. The number of carbonyl (C=O) groups is 1. The highest BCUT2D eigenvalue weighted by atomic mass is 16.2. The molecule has 1 N–H and O–H groups in total. The number of nitrogens with zero attached hydrogens (tertiary/aromatic N) is 3. The molecule has 5 heteroatoms. The third-order valence-corrected chi connectivity index (χ3v) is 4.12. The van der Waals surface area contributed by atoms with Crippen LogP contribution >= 0.6 is 0 Å². The van der Waals surface area contributed by atoms with Gasteiger partial charge in [-0.25, -0.2) is 4.98 Å². The molecule has 2 heterocycles. The Morgan fingerprint density at radius 3 is 2.71 bits per heavy atom. The molecule has 1 fully saturated rings. The van der Waals surface area contributed by atoms with Gasteiger partial charge in [0, 0.05) is 19.6 Å². The molecule has 0 aromatic carbocycles. The van der Waals surface area contributed by atoms with Crippen LogP contribution in [0.5, 0.6) is 0 Å². The predicted molar refractivity (Wildman–Crippen MR) is 85.6 cm³/mol. The van der Waals surface area contributed by atoms with Gasteiger partial charge in [0.2, 0.25) is 0 Å². The molecule has 0 unspecified atom stereocenters. The smallest absolute Gasteiger partial charge is 0.272 e. The fraction of sp³-hybridized carbons (Fsp3) is 0.625. The van der Waals surface area contributed by atoms with Gasteiger partial charge in [0.15, 0.2) is 0 Å². The van der Waals surface area contributed by atoms with Gasteiger partial charge < -0.3 is 15.1 Å². The van der Waals surface area contributed by atoms with Gasteiger partial charge in [0.1, 0.15) is 5.69 Å². The lowest BCUT2D eigenvalue weighted by Gasteiger charge is -2.34. The second-order valence-electron chi connectivity index (χ2n) is 5.81. The zero-order valence-corrected chi connectivity index (χ0v) is 13.3. The molecule has 0 radical (unpaired) electrons. The number of piperidine rings is 1. The highest BCUT2D eigenvalue weighted by Gasteiger charge is 2.25. The standard InChI is InChI=1S/C16H26N4O/c1-4-9-17-13-5-6-15(18-12-13)16(21)20(3)14-7-10-19(2)11-8-14/h5-6,12,14,17H,4,7-11H2,1-3H3. The normalized spacial score (nSPS) is 16.7. The first kappa shape index (κ1) is 15.8. The Labute approximate surface area is 127 Å². The molecule has 0 saturated carbocycles. The first-order chi connectivity index (χ1) is 10.1. The predicted octanol–water partition coefficient (Wildman–Crippen LogP) is 2.07. The van der Waals surface area contributed by atoms with Crippen molar-refractivity contribution in [3.8, 4) is 0 Å². The molecule has 1 aliphatic heterocycles. The SMILES string of the molecule is CCCNc1ccc(C(=O)N(C)C2CCN(C)CC2)nc1. The molecular weight excluding hydrogens is 264 g/mol. The number of hydrogen-bond acceptors (Lipinski definition) is 4. The number of pyridine rings is 1. The summed E-state index contributed by atoms with van der Waals surface area (Å²) in [5.41, 5.74) is 1.49. The van der Waals surface area contributed by atoms with Crippen molar-refractivity contribution >= 4 is 11.6 Å². The first-order valence-electron chi connectivity index (χ1n) is 7.77. The summed E-state index contributed by atoms with van der Waals surface area (Å²) >= 11 is 0. The molecule has 0 atom stereocenters. The van der Waals surface area contributed by atoms with E-state index >= 15 is 0 Å². The molecule has 2 rings (SSSR count). The van der Waals surface area contributed by atoms with Crippen molar-refractivity contribution in [3.63, 3.8) is 0 Å². The lowest BCUT2D eigenvalue weighted by atomic mass is 10.0. The number of hydrogen-bond donors (Lipinski definition) is 1. The van der Waals surface area contributed by atoms with Gasteiger partial charge in [-0.2, -0.15) is 0 Å². The number of carbonyl (C=O) groups excluding carboxylic acids is 1. The van der Waals surface area contributed by atoms with E-state index < -0.39 is 0 Å². The van der Waals surface area contributed by atoms with Crippen LogP contribution < -0.4 is 5.32 Å². The van der Waals surface area contributed by atoms with E-state index in [2.05, 4.69) is 29.2 Å². The number of nitrogens with one attached hydrogen (secondary N) is 1. The molecule has 1 amide bonds. The summed E-state index contributed by atoms with van der Waals surface area (Å²) in [6, 6.07) is 4.07. The van der Waals surface area contributed by atoms with E-state index in [9.17, 15) is 4.79 Å². The summed E-state index contributed by atoms with van der Waals surface area (Å²) in [6.45, 7) is 5.14. The fourth-order valence-corrected chi connectivity index (χ4v) is 2.62. The Bertz CT molecular complexity index is 452. The van der Waals surface area contributed by atoms with E-state index in [-0.39, 0.29) is 5.91 Å². The molecule has 1 aromatic rings. The molecule has 1 saturated heterocycles. The van der Waals surface area contributed by atoms with Crippen LogP contribution in [0, 0.1) is 0 Å². The molecule has 116 valence electrons. The summed E-state index contributed by atoms with van der Waals surface area (Å²) in [4.78, 5) is 20.9. The van der Waals surface area contributed by atoms with Crippen molar-refractivity contribution in [1.29, 1.82) is 0 Å². The molecule has 21 heavy (non-hydrogen) atoms. The van der Waals surface area contributed by atoms with Crippen LogP contribution in [0.2, 0.25) is 0 Å². The van der Waals surface area contributed by atoms with Crippen molar-refractivity contribution in [3.05, 3.63) is 24.0 Å². The van der Waals surface area contributed by atoms with Crippen molar-refractivity contribution < 1.29 is 4.79 Å². The second kappa shape index (κ2) is 7.41. The average molecular weight is 290 g/mol. The molecule has 5 nitrogen and oxygen atoms in total. The van der Waals surface area contributed by atoms with Crippen LogP contribution in [0.4, 0.5) is 5.69 Å². The average Bonchev–Trinajstić information content (AvgIpc) is 2.53. The van der Waals surface area contributed by atoms with Crippen LogP contribution in [0.15, 0.2) is 18.3 Å². The third-order valence-electron chi connectivity index (χ3n) is 4.12.